The molecule has 2 aliphatic rings. The molecule has 7 heteroatoms. The summed E-state index contributed by atoms with van der Waals surface area (Å²) in [7, 11) is 1.53. The van der Waals surface area contributed by atoms with Gasteiger partial charge in [-0.1, -0.05) is 31.4 Å². The lowest BCUT2D eigenvalue weighted by Crippen LogP contribution is -2.41. The Morgan fingerprint density at radius 2 is 1.97 bits per heavy atom. The summed E-state index contributed by atoms with van der Waals surface area (Å²) in [5.74, 6) is -0.627. The number of hydrogen-bond acceptors (Lipinski definition) is 6. The molecule has 1 fully saturated rings. The van der Waals surface area contributed by atoms with Gasteiger partial charge in [-0.3, -0.25) is 9.59 Å². The summed E-state index contributed by atoms with van der Waals surface area (Å²) in [6.07, 6.45) is 6.30. The Balaban J connectivity index is 1.59. The van der Waals surface area contributed by atoms with E-state index in [9.17, 15) is 14.7 Å². The number of ether oxygens (including phenoxy) is 1. The molecular weight excluding hydrogens is 398 g/mol. The van der Waals surface area contributed by atoms with Crippen LogP contribution in [0.15, 0.2) is 62.8 Å². The summed E-state index contributed by atoms with van der Waals surface area (Å²) < 4.78 is 16.7. The fourth-order valence-electron chi connectivity index (χ4n) is 4.76. The van der Waals surface area contributed by atoms with Crippen molar-refractivity contribution in [1.82, 2.24) is 4.90 Å². The highest BCUT2D eigenvalue weighted by Crippen LogP contribution is 2.43. The molecule has 1 aromatic carbocycles. The zero-order valence-electron chi connectivity index (χ0n) is 17.2. The van der Waals surface area contributed by atoms with Crippen molar-refractivity contribution in [2.75, 3.05) is 7.11 Å². The van der Waals surface area contributed by atoms with Crippen LogP contribution in [0.1, 0.15) is 54.5 Å². The minimum Gasteiger partial charge on any atom is -0.503 e. The van der Waals surface area contributed by atoms with Crippen LogP contribution in [0.25, 0.3) is 11.0 Å². The quantitative estimate of drug-likeness (QED) is 0.586. The van der Waals surface area contributed by atoms with E-state index >= 15 is 0 Å². The number of Topliss-reactive ketones (excluding diaryl/α,β-unsaturated/α-hetero) is 1. The zero-order valence-corrected chi connectivity index (χ0v) is 17.2. The molecule has 1 amide bonds. The normalized spacial score (nSPS) is 20.1. The molecule has 1 N–H and O–H groups in total. The van der Waals surface area contributed by atoms with Crippen molar-refractivity contribution in [3.05, 3.63) is 65.5 Å². The van der Waals surface area contributed by atoms with Gasteiger partial charge in [-0.05, 0) is 37.1 Å². The van der Waals surface area contributed by atoms with E-state index in [4.69, 9.17) is 13.6 Å². The van der Waals surface area contributed by atoms with Crippen molar-refractivity contribution in [2.24, 2.45) is 0 Å². The first-order valence-corrected chi connectivity index (χ1v) is 10.5. The van der Waals surface area contributed by atoms with Crippen LogP contribution in [-0.2, 0) is 4.79 Å². The van der Waals surface area contributed by atoms with Crippen molar-refractivity contribution in [1.29, 1.82) is 0 Å². The van der Waals surface area contributed by atoms with Crippen LogP contribution in [0.5, 0.6) is 5.75 Å². The Morgan fingerprint density at radius 1 is 1.16 bits per heavy atom. The number of amides is 1. The van der Waals surface area contributed by atoms with Gasteiger partial charge in [-0.2, -0.15) is 0 Å². The molecule has 0 spiro atoms. The number of furan rings is 2. The molecule has 31 heavy (non-hydrogen) atoms. The Kier molecular flexibility index (Phi) is 4.81. The van der Waals surface area contributed by atoms with Crippen LogP contribution >= 0.6 is 0 Å². The van der Waals surface area contributed by atoms with Crippen molar-refractivity contribution >= 4 is 22.7 Å². The van der Waals surface area contributed by atoms with Crippen LogP contribution in [0.3, 0.4) is 0 Å². The minimum absolute atomic E-state index is 0.0106. The Labute approximate surface area is 178 Å². The van der Waals surface area contributed by atoms with Gasteiger partial charge in [-0.15, -0.1) is 0 Å². The summed E-state index contributed by atoms with van der Waals surface area (Å²) in [4.78, 5) is 28.3. The number of para-hydroxylation sites is 1. The van der Waals surface area contributed by atoms with E-state index in [2.05, 4.69) is 0 Å². The fraction of sp³-hybridized carbons (Fsp3) is 0.333. The van der Waals surface area contributed by atoms with Crippen LogP contribution in [0, 0.1) is 0 Å². The van der Waals surface area contributed by atoms with E-state index in [-0.39, 0.29) is 17.4 Å². The molecule has 3 aromatic rings. The van der Waals surface area contributed by atoms with E-state index in [1.807, 2.05) is 6.07 Å². The molecule has 0 radical (unpaired) electrons. The molecular formula is C24H23NO6. The van der Waals surface area contributed by atoms with Gasteiger partial charge in [0.1, 0.15) is 11.8 Å². The lowest BCUT2D eigenvalue weighted by atomic mass is 9.92. The summed E-state index contributed by atoms with van der Waals surface area (Å²) in [6, 6.07) is 9.55. The number of methoxy groups -OCH3 is 1. The average Bonchev–Trinajstić information content (AvgIpc) is 3.52. The fourth-order valence-corrected chi connectivity index (χ4v) is 4.76. The number of rotatable bonds is 5. The molecule has 2 aromatic heterocycles. The van der Waals surface area contributed by atoms with E-state index in [1.165, 1.54) is 13.4 Å². The first kappa shape index (κ1) is 19.5. The van der Waals surface area contributed by atoms with Crippen LogP contribution in [0.2, 0.25) is 0 Å². The maximum atomic E-state index is 13.5. The van der Waals surface area contributed by atoms with Gasteiger partial charge in [0, 0.05) is 11.4 Å². The number of carbonyl (C=O) groups excluding carboxylic acids is 2. The van der Waals surface area contributed by atoms with E-state index in [0.717, 1.165) is 32.1 Å². The highest BCUT2D eigenvalue weighted by molar-refractivity contribution is 6.16. The second kappa shape index (κ2) is 7.65. The third-order valence-corrected chi connectivity index (χ3v) is 6.22. The largest absolute Gasteiger partial charge is 0.503 e. The molecule has 160 valence electrons. The Hall–Kier alpha value is -3.48. The molecule has 1 aliphatic carbocycles. The molecule has 0 bridgehead atoms. The average molecular weight is 421 g/mol. The van der Waals surface area contributed by atoms with Gasteiger partial charge < -0.3 is 23.6 Å². The lowest BCUT2D eigenvalue weighted by molar-refractivity contribution is -0.132. The SMILES string of the molecule is COc1cccc2cc(C(=O)C3=C(O)C(=O)N(C4CCCCC4)C3c3ccco3)oc12. The monoisotopic (exact) mass is 421 g/mol. The number of aliphatic hydroxyl groups is 1. The zero-order chi connectivity index (χ0) is 21.5. The number of aliphatic hydroxyl groups excluding tert-OH is 1. The lowest BCUT2D eigenvalue weighted by Gasteiger charge is -2.35. The summed E-state index contributed by atoms with van der Waals surface area (Å²) in [6.45, 7) is 0. The Morgan fingerprint density at radius 3 is 2.68 bits per heavy atom. The van der Waals surface area contributed by atoms with Crippen LogP contribution in [-0.4, -0.2) is 34.8 Å². The molecule has 1 saturated carbocycles. The first-order valence-electron chi connectivity index (χ1n) is 10.5. The minimum atomic E-state index is -0.784. The molecule has 0 saturated heterocycles. The number of benzene rings is 1. The second-order valence-corrected chi connectivity index (χ2v) is 8.00. The van der Waals surface area contributed by atoms with Crippen molar-refractivity contribution in [3.63, 3.8) is 0 Å². The first-order chi connectivity index (χ1) is 15.1. The van der Waals surface area contributed by atoms with Gasteiger partial charge >= 0.3 is 0 Å². The van der Waals surface area contributed by atoms with E-state index in [1.54, 1.807) is 35.2 Å². The second-order valence-electron chi connectivity index (χ2n) is 8.00. The maximum absolute atomic E-state index is 13.5. The number of carbonyl (C=O) groups is 2. The van der Waals surface area contributed by atoms with Gasteiger partial charge in [0.25, 0.3) is 5.91 Å². The molecule has 3 heterocycles. The van der Waals surface area contributed by atoms with Crippen LogP contribution < -0.4 is 4.74 Å². The maximum Gasteiger partial charge on any atom is 0.290 e. The topological polar surface area (TPSA) is 93.1 Å². The number of fused-ring (bicyclic) bond motifs is 1. The smallest absolute Gasteiger partial charge is 0.290 e. The molecule has 1 atom stereocenters. The van der Waals surface area contributed by atoms with E-state index in [0.29, 0.717) is 22.5 Å². The highest BCUT2D eigenvalue weighted by Gasteiger charge is 2.48. The summed E-state index contributed by atoms with van der Waals surface area (Å²) in [5, 5.41) is 11.5. The predicted octanol–water partition coefficient (Wildman–Crippen LogP) is 4.95. The van der Waals surface area contributed by atoms with Crippen molar-refractivity contribution in [2.45, 2.75) is 44.2 Å². The standard InChI is InChI=1S/C24H23NO6/c1-29-17-10-5-7-14-13-18(31-23(14)17)21(26)19-20(16-11-6-12-30-16)25(24(28)22(19)27)15-8-3-2-4-9-15/h5-7,10-13,15,20,27H,2-4,8-9H2,1H3. The molecule has 1 aliphatic heterocycles. The molecule has 1 unspecified atom stereocenters. The number of nitrogens with zero attached hydrogens (tertiary/aromatic N) is 1. The van der Waals surface area contributed by atoms with Crippen molar-refractivity contribution in [3.8, 4) is 5.75 Å². The summed E-state index contributed by atoms with van der Waals surface area (Å²) >= 11 is 0. The van der Waals surface area contributed by atoms with Crippen molar-refractivity contribution < 1.29 is 28.3 Å². The van der Waals surface area contributed by atoms with Crippen LogP contribution in [0.4, 0.5) is 0 Å². The molecule has 5 rings (SSSR count). The molecule has 7 nitrogen and oxygen atoms in total. The van der Waals surface area contributed by atoms with Gasteiger partial charge in [-0.25, -0.2) is 0 Å². The number of hydrogen-bond donors (Lipinski definition) is 1. The third kappa shape index (κ3) is 3.12. The predicted molar refractivity (Wildman–Crippen MR) is 112 cm³/mol. The van der Waals surface area contributed by atoms with Gasteiger partial charge in [0.15, 0.2) is 22.9 Å². The Bertz CT molecular complexity index is 1170. The summed E-state index contributed by atoms with van der Waals surface area (Å²) in [5.41, 5.74) is 0.431. The third-order valence-electron chi connectivity index (χ3n) is 6.22. The van der Waals surface area contributed by atoms with Gasteiger partial charge in [0.2, 0.25) is 5.78 Å². The van der Waals surface area contributed by atoms with Gasteiger partial charge in [0.05, 0.1) is 18.9 Å². The highest BCUT2D eigenvalue weighted by atomic mass is 16.5. The van der Waals surface area contributed by atoms with E-state index < -0.39 is 23.5 Å². The number of ketones is 1.